The summed E-state index contributed by atoms with van der Waals surface area (Å²) >= 11 is 7.66. The summed E-state index contributed by atoms with van der Waals surface area (Å²) in [5.74, 6) is 0.482. The summed E-state index contributed by atoms with van der Waals surface area (Å²) < 4.78 is 5.71. The molecule has 2 aromatic carbocycles. The van der Waals surface area contributed by atoms with Crippen molar-refractivity contribution in [1.29, 1.82) is 0 Å². The SMILES string of the molecule is Cc1nc(COc2ccc(C(=O)Nc3cc(Cl)ccc3N(C)C)cc2)cs1. The third kappa shape index (κ3) is 4.99. The second-order valence-corrected chi connectivity index (χ2v) is 7.68. The molecule has 1 N–H and O–H groups in total. The maximum absolute atomic E-state index is 12.6. The lowest BCUT2D eigenvalue weighted by Crippen LogP contribution is -2.16. The Morgan fingerprint density at radius 2 is 1.96 bits per heavy atom. The summed E-state index contributed by atoms with van der Waals surface area (Å²) in [6.45, 7) is 2.37. The topological polar surface area (TPSA) is 54.5 Å². The number of carbonyl (C=O) groups is 1. The van der Waals surface area contributed by atoms with E-state index in [1.165, 1.54) is 0 Å². The van der Waals surface area contributed by atoms with Crippen LogP contribution in [0.15, 0.2) is 47.8 Å². The largest absolute Gasteiger partial charge is 0.487 e. The van der Waals surface area contributed by atoms with Gasteiger partial charge in [0.25, 0.3) is 5.91 Å². The molecule has 140 valence electrons. The Hall–Kier alpha value is -2.57. The van der Waals surface area contributed by atoms with Crippen molar-refractivity contribution in [3.05, 3.63) is 69.1 Å². The molecule has 0 aliphatic heterocycles. The van der Waals surface area contributed by atoms with Crippen molar-refractivity contribution in [2.75, 3.05) is 24.3 Å². The highest BCUT2D eigenvalue weighted by Gasteiger charge is 2.11. The maximum Gasteiger partial charge on any atom is 0.255 e. The molecule has 0 bridgehead atoms. The van der Waals surface area contributed by atoms with Crippen molar-refractivity contribution >= 4 is 40.2 Å². The molecular weight excluding hydrogens is 382 g/mol. The van der Waals surface area contributed by atoms with Crippen molar-refractivity contribution in [3.8, 4) is 5.75 Å². The Morgan fingerprint density at radius 3 is 2.59 bits per heavy atom. The van der Waals surface area contributed by atoms with Crippen molar-refractivity contribution in [1.82, 2.24) is 4.98 Å². The van der Waals surface area contributed by atoms with Crippen LogP contribution in [0.4, 0.5) is 11.4 Å². The monoisotopic (exact) mass is 401 g/mol. The van der Waals surface area contributed by atoms with Crippen molar-refractivity contribution in [2.24, 2.45) is 0 Å². The Bertz CT molecular complexity index is 939. The summed E-state index contributed by atoms with van der Waals surface area (Å²) in [6, 6.07) is 12.4. The minimum Gasteiger partial charge on any atom is -0.487 e. The van der Waals surface area contributed by atoms with Gasteiger partial charge in [0, 0.05) is 30.1 Å². The van der Waals surface area contributed by atoms with Gasteiger partial charge in [-0.05, 0) is 49.4 Å². The van der Waals surface area contributed by atoms with Gasteiger partial charge in [0.05, 0.1) is 22.1 Å². The van der Waals surface area contributed by atoms with E-state index < -0.39 is 0 Å². The number of thiazole rings is 1. The quantitative estimate of drug-likeness (QED) is 0.631. The van der Waals surface area contributed by atoms with Gasteiger partial charge in [-0.1, -0.05) is 11.6 Å². The maximum atomic E-state index is 12.6. The Labute approximate surface area is 167 Å². The fraction of sp³-hybridized carbons (Fsp3) is 0.200. The third-order valence-corrected chi connectivity index (χ3v) is 4.92. The van der Waals surface area contributed by atoms with Crippen LogP contribution >= 0.6 is 22.9 Å². The normalized spacial score (nSPS) is 10.5. The number of aromatic nitrogens is 1. The average Bonchev–Trinajstić information content (AvgIpc) is 3.05. The summed E-state index contributed by atoms with van der Waals surface area (Å²) in [4.78, 5) is 18.9. The zero-order chi connectivity index (χ0) is 19.4. The first kappa shape index (κ1) is 19.2. The van der Waals surface area contributed by atoms with Crippen molar-refractivity contribution in [2.45, 2.75) is 13.5 Å². The number of carbonyl (C=O) groups excluding carboxylic acids is 1. The van der Waals surface area contributed by atoms with E-state index in [9.17, 15) is 4.79 Å². The van der Waals surface area contributed by atoms with Crippen LogP contribution in [0, 0.1) is 6.92 Å². The van der Waals surface area contributed by atoms with E-state index in [4.69, 9.17) is 16.3 Å². The fourth-order valence-corrected chi connectivity index (χ4v) is 3.30. The Balaban J connectivity index is 1.66. The predicted octanol–water partition coefficient (Wildman–Crippen LogP) is 5.00. The van der Waals surface area contributed by atoms with Gasteiger partial charge < -0.3 is 15.0 Å². The minimum absolute atomic E-state index is 0.206. The number of rotatable bonds is 6. The first-order valence-electron chi connectivity index (χ1n) is 8.34. The van der Waals surface area contributed by atoms with Crippen LogP contribution in [0.25, 0.3) is 0 Å². The third-order valence-electron chi connectivity index (χ3n) is 3.86. The second kappa shape index (κ2) is 8.41. The molecule has 27 heavy (non-hydrogen) atoms. The van der Waals surface area contributed by atoms with E-state index in [0.717, 1.165) is 16.4 Å². The van der Waals surface area contributed by atoms with Gasteiger partial charge in [-0.25, -0.2) is 4.98 Å². The van der Waals surface area contributed by atoms with Gasteiger partial charge in [0.1, 0.15) is 12.4 Å². The molecule has 3 aromatic rings. The molecule has 1 amide bonds. The van der Waals surface area contributed by atoms with E-state index in [-0.39, 0.29) is 5.91 Å². The molecule has 3 rings (SSSR count). The molecule has 0 saturated heterocycles. The molecule has 0 unspecified atom stereocenters. The lowest BCUT2D eigenvalue weighted by Gasteiger charge is -2.18. The summed E-state index contributed by atoms with van der Waals surface area (Å²) in [7, 11) is 3.82. The van der Waals surface area contributed by atoms with E-state index in [1.54, 1.807) is 47.7 Å². The molecular formula is C20H20ClN3O2S. The number of anilines is 2. The van der Waals surface area contributed by atoms with Gasteiger partial charge in [0.15, 0.2) is 0 Å². The minimum atomic E-state index is -0.206. The number of ether oxygens (including phenoxy) is 1. The van der Waals surface area contributed by atoms with Gasteiger partial charge in [-0.15, -0.1) is 11.3 Å². The van der Waals surface area contributed by atoms with Gasteiger partial charge in [-0.3, -0.25) is 4.79 Å². The van der Waals surface area contributed by atoms with E-state index in [0.29, 0.717) is 28.6 Å². The number of benzene rings is 2. The predicted molar refractivity (Wildman–Crippen MR) is 111 cm³/mol. The zero-order valence-corrected chi connectivity index (χ0v) is 16.9. The molecule has 1 heterocycles. The highest BCUT2D eigenvalue weighted by atomic mass is 35.5. The van der Waals surface area contributed by atoms with Crippen molar-refractivity contribution < 1.29 is 9.53 Å². The van der Waals surface area contributed by atoms with E-state index >= 15 is 0 Å². The number of hydrogen-bond acceptors (Lipinski definition) is 5. The number of halogens is 1. The van der Waals surface area contributed by atoms with Crippen LogP contribution < -0.4 is 15.0 Å². The highest BCUT2D eigenvalue weighted by Crippen LogP contribution is 2.28. The van der Waals surface area contributed by atoms with Crippen molar-refractivity contribution in [3.63, 3.8) is 0 Å². The number of nitrogens with one attached hydrogen (secondary N) is 1. The molecule has 0 fully saturated rings. The smallest absolute Gasteiger partial charge is 0.255 e. The van der Waals surface area contributed by atoms with Crippen LogP contribution in [0.2, 0.25) is 5.02 Å². The van der Waals surface area contributed by atoms with E-state index in [1.807, 2.05) is 37.4 Å². The average molecular weight is 402 g/mol. The molecule has 0 aliphatic rings. The molecule has 0 radical (unpaired) electrons. The van der Waals surface area contributed by atoms with Gasteiger partial charge in [0.2, 0.25) is 0 Å². The number of aryl methyl sites for hydroxylation is 1. The molecule has 7 heteroatoms. The lowest BCUT2D eigenvalue weighted by atomic mass is 10.2. The molecule has 0 atom stereocenters. The first-order chi connectivity index (χ1) is 12.9. The number of nitrogens with zero attached hydrogens (tertiary/aromatic N) is 2. The Morgan fingerprint density at radius 1 is 1.22 bits per heavy atom. The van der Waals surface area contributed by atoms with Crippen LogP contribution in [-0.4, -0.2) is 25.0 Å². The number of hydrogen-bond donors (Lipinski definition) is 1. The molecule has 5 nitrogen and oxygen atoms in total. The van der Waals surface area contributed by atoms with Crippen LogP contribution in [0.5, 0.6) is 5.75 Å². The summed E-state index contributed by atoms with van der Waals surface area (Å²) in [5, 5.41) is 6.47. The van der Waals surface area contributed by atoms with Crippen LogP contribution in [0.3, 0.4) is 0 Å². The van der Waals surface area contributed by atoms with Gasteiger partial charge in [-0.2, -0.15) is 0 Å². The molecule has 0 aliphatic carbocycles. The summed E-state index contributed by atoms with van der Waals surface area (Å²) in [6.07, 6.45) is 0. The first-order valence-corrected chi connectivity index (χ1v) is 9.60. The van der Waals surface area contributed by atoms with Crippen LogP contribution in [0.1, 0.15) is 21.1 Å². The molecule has 1 aromatic heterocycles. The molecule has 0 saturated carbocycles. The highest BCUT2D eigenvalue weighted by molar-refractivity contribution is 7.09. The number of amides is 1. The standard InChI is InChI=1S/C20H20ClN3O2S/c1-13-22-16(12-27-13)11-26-17-7-4-14(5-8-17)20(25)23-18-10-15(21)6-9-19(18)24(2)3/h4-10,12H,11H2,1-3H3,(H,23,25). The molecule has 0 spiro atoms. The van der Waals surface area contributed by atoms with E-state index in [2.05, 4.69) is 10.3 Å². The Kier molecular flexibility index (Phi) is 5.98. The fourth-order valence-electron chi connectivity index (χ4n) is 2.53. The van der Waals surface area contributed by atoms with Gasteiger partial charge >= 0.3 is 0 Å². The zero-order valence-electron chi connectivity index (χ0n) is 15.3. The second-order valence-electron chi connectivity index (χ2n) is 6.18. The van der Waals surface area contributed by atoms with Crippen LogP contribution in [-0.2, 0) is 6.61 Å². The lowest BCUT2D eigenvalue weighted by molar-refractivity contribution is 0.102. The summed E-state index contributed by atoms with van der Waals surface area (Å²) in [5.41, 5.74) is 2.98.